The first kappa shape index (κ1) is 13.4. The maximum absolute atomic E-state index is 11.5. The van der Waals surface area contributed by atoms with E-state index in [1.54, 1.807) is 0 Å². The fourth-order valence-electron chi connectivity index (χ4n) is 0.930. The summed E-state index contributed by atoms with van der Waals surface area (Å²) < 4.78 is 4.86. The van der Waals surface area contributed by atoms with Crippen LogP contribution >= 0.6 is 34.8 Å². The molecule has 0 radical (unpaired) electrons. The van der Waals surface area contributed by atoms with Crippen LogP contribution in [0.25, 0.3) is 0 Å². The van der Waals surface area contributed by atoms with Crippen LogP contribution in [-0.2, 0) is 4.74 Å². The molecule has 0 atom stereocenters. The topological polar surface area (TPSA) is 65.2 Å². The maximum atomic E-state index is 11.5. The molecular weight excluding hydrogens is 274 g/mol. The average molecular weight is 284 g/mol. The van der Waals surface area contributed by atoms with E-state index in [1.807, 2.05) is 6.92 Å². The zero-order valence-electron chi connectivity index (χ0n) is 8.39. The van der Waals surface area contributed by atoms with E-state index in [0.717, 1.165) is 0 Å². The molecule has 0 fully saturated rings. The first-order chi connectivity index (χ1) is 7.49. The van der Waals surface area contributed by atoms with Crippen molar-refractivity contribution in [3.8, 4) is 0 Å². The minimum atomic E-state index is -0.669. The smallest absolute Gasteiger partial charge is 0.358 e. The number of halogens is 3. The van der Waals surface area contributed by atoms with E-state index in [4.69, 9.17) is 45.3 Å². The molecule has 0 unspecified atom stereocenters. The number of esters is 1. The molecule has 1 aromatic rings. The Labute approximate surface area is 108 Å². The van der Waals surface area contributed by atoms with E-state index in [-0.39, 0.29) is 33.2 Å². The van der Waals surface area contributed by atoms with Crippen LogP contribution in [0.1, 0.15) is 23.8 Å². The second-order valence-electron chi connectivity index (χ2n) is 2.93. The van der Waals surface area contributed by atoms with Gasteiger partial charge in [0.2, 0.25) is 0 Å². The van der Waals surface area contributed by atoms with E-state index in [9.17, 15) is 4.79 Å². The lowest BCUT2D eigenvalue weighted by Crippen LogP contribution is -2.10. The second kappa shape index (κ2) is 5.57. The van der Waals surface area contributed by atoms with Crippen molar-refractivity contribution in [3.05, 3.63) is 20.9 Å². The van der Waals surface area contributed by atoms with Gasteiger partial charge in [0.15, 0.2) is 10.8 Å². The zero-order valence-corrected chi connectivity index (χ0v) is 10.7. The van der Waals surface area contributed by atoms with Crippen molar-refractivity contribution in [2.24, 2.45) is 0 Å². The molecular formula is C9H9Cl3N2O2. The zero-order chi connectivity index (χ0) is 12.3. The Morgan fingerprint density at radius 2 is 2.00 bits per heavy atom. The van der Waals surface area contributed by atoms with Crippen LogP contribution in [0.2, 0.25) is 15.2 Å². The van der Waals surface area contributed by atoms with Crippen molar-refractivity contribution >= 4 is 46.5 Å². The first-order valence-corrected chi connectivity index (χ1v) is 5.59. The molecule has 88 valence electrons. The highest BCUT2D eigenvalue weighted by atomic mass is 35.5. The fraction of sp³-hybridized carbons (Fsp3) is 0.333. The summed E-state index contributed by atoms with van der Waals surface area (Å²) in [5, 5.41) is -0.0961. The molecule has 1 rings (SSSR count). The van der Waals surface area contributed by atoms with Crippen LogP contribution in [0.5, 0.6) is 0 Å². The predicted molar refractivity (Wildman–Crippen MR) is 64.3 cm³/mol. The van der Waals surface area contributed by atoms with Gasteiger partial charge in [0.25, 0.3) is 0 Å². The van der Waals surface area contributed by atoms with E-state index in [2.05, 4.69) is 4.98 Å². The van der Waals surface area contributed by atoms with Crippen molar-refractivity contribution in [1.82, 2.24) is 4.98 Å². The number of ether oxygens (including phenoxy) is 1. The molecule has 0 aromatic carbocycles. The van der Waals surface area contributed by atoms with Gasteiger partial charge in [-0.3, -0.25) is 0 Å². The van der Waals surface area contributed by atoms with Crippen molar-refractivity contribution in [1.29, 1.82) is 0 Å². The number of carbonyl (C=O) groups is 1. The van der Waals surface area contributed by atoms with Crippen LogP contribution in [-0.4, -0.2) is 17.6 Å². The largest absolute Gasteiger partial charge is 0.461 e. The highest BCUT2D eigenvalue weighted by molar-refractivity contribution is 6.46. The lowest BCUT2D eigenvalue weighted by Gasteiger charge is -2.08. The maximum Gasteiger partial charge on any atom is 0.358 e. The summed E-state index contributed by atoms with van der Waals surface area (Å²) >= 11 is 17.2. The Bertz CT molecular complexity index is 424. The van der Waals surface area contributed by atoms with Gasteiger partial charge in [-0.05, 0) is 6.42 Å². The van der Waals surface area contributed by atoms with Crippen LogP contribution in [0.15, 0.2) is 0 Å². The van der Waals surface area contributed by atoms with Gasteiger partial charge in [-0.15, -0.1) is 0 Å². The molecule has 4 nitrogen and oxygen atoms in total. The van der Waals surface area contributed by atoms with E-state index >= 15 is 0 Å². The predicted octanol–water partition coefficient (Wildman–Crippen LogP) is 3.19. The molecule has 0 saturated carbocycles. The van der Waals surface area contributed by atoms with Crippen molar-refractivity contribution in [2.75, 3.05) is 12.3 Å². The molecule has 0 aliphatic heterocycles. The van der Waals surface area contributed by atoms with Crippen LogP contribution in [0.4, 0.5) is 5.69 Å². The molecule has 7 heteroatoms. The third kappa shape index (κ3) is 2.70. The molecule has 2 N–H and O–H groups in total. The average Bonchev–Trinajstić information content (AvgIpc) is 2.28. The number of nitrogens with zero attached hydrogens (tertiary/aromatic N) is 1. The van der Waals surface area contributed by atoms with Gasteiger partial charge in [-0.25, -0.2) is 9.78 Å². The summed E-state index contributed by atoms with van der Waals surface area (Å²) in [5.41, 5.74) is 5.45. The summed E-state index contributed by atoms with van der Waals surface area (Å²) in [6.45, 7) is 2.14. The number of hydrogen-bond acceptors (Lipinski definition) is 4. The SMILES string of the molecule is CCCOC(=O)c1nc(Cl)c(Cl)c(N)c1Cl. The third-order valence-electron chi connectivity index (χ3n) is 1.70. The summed E-state index contributed by atoms with van der Waals surface area (Å²) in [6.07, 6.45) is 0.695. The first-order valence-electron chi connectivity index (χ1n) is 4.46. The standard InChI is InChI=1S/C9H9Cl3N2O2/c1-2-3-16-9(15)7-4(10)6(13)5(11)8(12)14-7/h2-3H2,1H3,(H2,13,14). The molecule has 0 bridgehead atoms. The minimum absolute atomic E-state index is 0.0202. The van der Waals surface area contributed by atoms with Crippen molar-refractivity contribution in [3.63, 3.8) is 0 Å². The van der Waals surface area contributed by atoms with Crippen molar-refractivity contribution < 1.29 is 9.53 Å². The number of pyridine rings is 1. The summed E-state index contributed by atoms with van der Waals surface area (Å²) in [5.74, 6) is -0.669. The number of carbonyl (C=O) groups excluding carboxylic acids is 1. The second-order valence-corrected chi connectivity index (χ2v) is 4.04. The normalized spacial score (nSPS) is 10.2. The van der Waals surface area contributed by atoms with E-state index < -0.39 is 5.97 Å². The molecule has 0 aliphatic carbocycles. The number of rotatable bonds is 3. The minimum Gasteiger partial charge on any atom is -0.461 e. The lowest BCUT2D eigenvalue weighted by molar-refractivity contribution is 0.0498. The van der Waals surface area contributed by atoms with Gasteiger partial charge in [-0.2, -0.15) is 0 Å². The molecule has 0 saturated heterocycles. The van der Waals surface area contributed by atoms with Gasteiger partial charge in [0.1, 0.15) is 5.02 Å². The quantitative estimate of drug-likeness (QED) is 0.683. The molecule has 1 heterocycles. The molecule has 16 heavy (non-hydrogen) atoms. The Kier molecular flexibility index (Phi) is 4.65. The molecule has 0 aliphatic rings. The molecule has 0 amide bonds. The van der Waals surface area contributed by atoms with Crippen LogP contribution < -0.4 is 5.73 Å². The summed E-state index contributed by atoms with van der Waals surface area (Å²) in [7, 11) is 0. The van der Waals surface area contributed by atoms with Gasteiger partial charge in [0, 0.05) is 0 Å². The number of anilines is 1. The molecule has 1 aromatic heterocycles. The van der Waals surface area contributed by atoms with Gasteiger partial charge < -0.3 is 10.5 Å². The number of hydrogen-bond donors (Lipinski definition) is 1. The Hall–Kier alpha value is -0.710. The Morgan fingerprint density at radius 1 is 1.38 bits per heavy atom. The number of nitrogen functional groups attached to an aromatic ring is 1. The van der Waals surface area contributed by atoms with Gasteiger partial charge in [-0.1, -0.05) is 41.7 Å². The fourth-order valence-corrected chi connectivity index (χ4v) is 1.52. The number of nitrogens with two attached hydrogens (primary N) is 1. The van der Waals surface area contributed by atoms with E-state index in [1.165, 1.54) is 0 Å². The van der Waals surface area contributed by atoms with Crippen LogP contribution in [0.3, 0.4) is 0 Å². The third-order valence-corrected chi connectivity index (χ3v) is 2.84. The monoisotopic (exact) mass is 282 g/mol. The summed E-state index contributed by atoms with van der Waals surface area (Å²) in [6, 6.07) is 0. The highest BCUT2D eigenvalue weighted by Crippen LogP contribution is 2.34. The Balaban J connectivity index is 3.10. The van der Waals surface area contributed by atoms with E-state index in [0.29, 0.717) is 6.42 Å². The highest BCUT2D eigenvalue weighted by Gasteiger charge is 2.20. The van der Waals surface area contributed by atoms with Crippen LogP contribution in [0, 0.1) is 0 Å². The van der Waals surface area contributed by atoms with Crippen molar-refractivity contribution in [2.45, 2.75) is 13.3 Å². The summed E-state index contributed by atoms with van der Waals surface area (Å²) in [4.78, 5) is 15.2. The Morgan fingerprint density at radius 3 is 2.56 bits per heavy atom. The molecule has 0 spiro atoms. The lowest BCUT2D eigenvalue weighted by atomic mass is 10.3. The van der Waals surface area contributed by atoms with Gasteiger partial charge >= 0.3 is 5.97 Å². The van der Waals surface area contributed by atoms with Gasteiger partial charge in [0.05, 0.1) is 17.3 Å². The number of aromatic nitrogens is 1.